The van der Waals surface area contributed by atoms with E-state index in [1.807, 2.05) is 18.2 Å². The highest BCUT2D eigenvalue weighted by atomic mass is 35.5. The molecule has 0 saturated carbocycles. The molecule has 4 aromatic rings. The summed E-state index contributed by atoms with van der Waals surface area (Å²) >= 11 is 6.00. The maximum atomic E-state index is 14.9. The fourth-order valence-electron chi connectivity index (χ4n) is 3.37. The summed E-state index contributed by atoms with van der Waals surface area (Å²) in [5.41, 5.74) is 2.59. The number of H-pyrrole nitrogens is 1. The summed E-state index contributed by atoms with van der Waals surface area (Å²) < 4.78 is 26.5. The molecule has 2 N–H and O–H groups in total. The van der Waals surface area contributed by atoms with Gasteiger partial charge < -0.3 is 19.8 Å². The molecule has 156 valence electrons. The maximum absolute atomic E-state index is 14.9. The number of benzene rings is 2. The minimum absolute atomic E-state index is 0.00893. The van der Waals surface area contributed by atoms with Gasteiger partial charge in [0, 0.05) is 29.3 Å². The maximum Gasteiger partial charge on any atom is 0.287 e. The van der Waals surface area contributed by atoms with Crippen LogP contribution in [0.5, 0.6) is 11.5 Å². The molecule has 0 atom stereocenters. The number of hydrogen-bond acceptors (Lipinski definition) is 5. The number of aromatic amines is 1. The molecule has 31 heavy (non-hydrogen) atoms. The van der Waals surface area contributed by atoms with Crippen LogP contribution < -0.4 is 10.1 Å². The van der Waals surface area contributed by atoms with Crippen LogP contribution in [0.15, 0.2) is 48.8 Å². The number of imidazole rings is 1. The minimum atomic E-state index is -0.670. The number of pyridine rings is 1. The first kappa shape index (κ1) is 19.5. The van der Waals surface area contributed by atoms with Gasteiger partial charge in [0.25, 0.3) is 5.91 Å². The molecule has 2 aromatic carbocycles. The Morgan fingerprint density at radius 3 is 2.94 bits per heavy atom. The van der Waals surface area contributed by atoms with E-state index in [2.05, 4.69) is 20.3 Å². The first-order chi connectivity index (χ1) is 15.1. The van der Waals surface area contributed by atoms with Gasteiger partial charge in [-0.3, -0.25) is 9.78 Å². The molecule has 0 saturated heterocycles. The standard InChI is InChI=1S/C22H16ClFN4O3/c23-15-3-1-13-11-30-8-7-26-22(29)21-27-10-17(28-21)12-2-4-16-14(9-12)18(5-6-25-16)31-20(13)19(15)24/h1-6,9-10H,7-8,11H2,(H,26,29)(H,27,28). The molecule has 0 radical (unpaired) electrons. The van der Waals surface area contributed by atoms with Gasteiger partial charge in [0.05, 0.1) is 35.6 Å². The number of amides is 1. The van der Waals surface area contributed by atoms with Crippen molar-refractivity contribution in [2.75, 3.05) is 13.2 Å². The fourth-order valence-corrected chi connectivity index (χ4v) is 3.52. The van der Waals surface area contributed by atoms with Crippen molar-refractivity contribution in [3.8, 4) is 22.8 Å². The normalized spacial score (nSPS) is 14.2. The van der Waals surface area contributed by atoms with E-state index in [1.165, 1.54) is 6.07 Å². The summed E-state index contributed by atoms with van der Waals surface area (Å²) in [5.74, 6) is -0.403. The van der Waals surface area contributed by atoms with Gasteiger partial charge in [-0.15, -0.1) is 0 Å². The number of nitrogens with one attached hydrogen (secondary N) is 2. The van der Waals surface area contributed by atoms with Crippen LogP contribution in [0.4, 0.5) is 4.39 Å². The molecule has 0 fully saturated rings. The summed E-state index contributed by atoms with van der Waals surface area (Å²) in [6.07, 6.45) is 3.17. The average Bonchev–Trinajstić information content (AvgIpc) is 3.27. The predicted octanol–water partition coefficient (Wildman–Crippen LogP) is 4.47. The fraction of sp³-hybridized carbons (Fsp3) is 0.136. The van der Waals surface area contributed by atoms with Gasteiger partial charge >= 0.3 is 0 Å². The van der Waals surface area contributed by atoms with E-state index < -0.39 is 5.82 Å². The van der Waals surface area contributed by atoms with Crippen molar-refractivity contribution < 1.29 is 18.7 Å². The number of aromatic nitrogens is 3. The van der Waals surface area contributed by atoms with Gasteiger partial charge in [-0.05, 0) is 24.3 Å². The number of carbonyl (C=O) groups is 1. The lowest BCUT2D eigenvalue weighted by molar-refractivity contribution is 0.0890. The monoisotopic (exact) mass is 438 g/mol. The lowest BCUT2D eigenvalue weighted by Gasteiger charge is -2.15. The van der Waals surface area contributed by atoms with E-state index in [0.717, 1.165) is 5.56 Å². The van der Waals surface area contributed by atoms with E-state index in [0.29, 0.717) is 27.9 Å². The molecule has 9 heteroatoms. The molecule has 3 heterocycles. The summed E-state index contributed by atoms with van der Waals surface area (Å²) in [4.78, 5) is 23.9. The van der Waals surface area contributed by atoms with Gasteiger partial charge in [-0.25, -0.2) is 9.37 Å². The van der Waals surface area contributed by atoms with E-state index in [4.69, 9.17) is 21.1 Å². The van der Waals surface area contributed by atoms with E-state index in [-0.39, 0.29) is 42.3 Å². The van der Waals surface area contributed by atoms with Crippen LogP contribution in [-0.4, -0.2) is 34.0 Å². The van der Waals surface area contributed by atoms with Crippen molar-refractivity contribution >= 4 is 28.4 Å². The Kier molecular flexibility index (Phi) is 5.01. The number of fused-ring (bicyclic) bond motifs is 5. The van der Waals surface area contributed by atoms with Crippen LogP contribution in [0.1, 0.15) is 16.2 Å². The number of halogens is 2. The molecule has 1 amide bonds. The molecule has 0 aliphatic carbocycles. The van der Waals surface area contributed by atoms with E-state index in [9.17, 15) is 9.18 Å². The zero-order valence-corrected chi connectivity index (χ0v) is 16.9. The Bertz CT molecular complexity index is 1310. The average molecular weight is 439 g/mol. The molecular formula is C22H16ClFN4O3. The number of carbonyl (C=O) groups excluding carboxylic acids is 1. The minimum Gasteiger partial charge on any atom is -0.453 e. The molecule has 0 unspecified atom stereocenters. The smallest absolute Gasteiger partial charge is 0.287 e. The Labute approximate surface area is 181 Å². The SMILES string of the molecule is O=C1NCCOCc2ccc(Cl)c(F)c2Oc2ccnc3ccc(cc23)-c2cnc1[nH]2. The molecule has 2 aromatic heterocycles. The number of rotatable bonds is 0. The number of ether oxygens (including phenoxy) is 2. The largest absolute Gasteiger partial charge is 0.453 e. The molecule has 7 nitrogen and oxygen atoms in total. The van der Waals surface area contributed by atoms with Crippen LogP contribution in [0.3, 0.4) is 0 Å². The lowest BCUT2D eigenvalue weighted by Crippen LogP contribution is -2.28. The van der Waals surface area contributed by atoms with E-state index in [1.54, 1.807) is 24.5 Å². The predicted molar refractivity (Wildman–Crippen MR) is 113 cm³/mol. The molecule has 1 aliphatic heterocycles. The van der Waals surface area contributed by atoms with Crippen LogP contribution in [0.2, 0.25) is 5.02 Å². The Morgan fingerprint density at radius 1 is 1.13 bits per heavy atom. The highest BCUT2D eigenvalue weighted by Crippen LogP contribution is 2.37. The topological polar surface area (TPSA) is 89.1 Å². The van der Waals surface area contributed by atoms with Crippen molar-refractivity contribution in [1.29, 1.82) is 0 Å². The highest BCUT2D eigenvalue weighted by molar-refractivity contribution is 6.30. The van der Waals surface area contributed by atoms with Crippen molar-refractivity contribution in [2.24, 2.45) is 0 Å². The summed E-state index contributed by atoms with van der Waals surface area (Å²) in [6.45, 7) is 0.571. The van der Waals surface area contributed by atoms with Crippen molar-refractivity contribution in [3.05, 3.63) is 71.0 Å². The summed E-state index contributed by atoms with van der Waals surface area (Å²) in [5, 5.41) is 3.35. The Morgan fingerprint density at radius 2 is 2.03 bits per heavy atom. The van der Waals surface area contributed by atoms with Gasteiger partial charge in [0.1, 0.15) is 5.75 Å². The summed E-state index contributed by atoms with van der Waals surface area (Å²) in [7, 11) is 0. The van der Waals surface area contributed by atoms with Gasteiger partial charge in [-0.1, -0.05) is 23.7 Å². The Hall–Kier alpha value is -3.49. The quantitative estimate of drug-likeness (QED) is 0.423. The zero-order valence-electron chi connectivity index (χ0n) is 16.1. The van der Waals surface area contributed by atoms with Crippen LogP contribution in [0, 0.1) is 5.82 Å². The molecule has 5 rings (SSSR count). The first-order valence-electron chi connectivity index (χ1n) is 9.55. The zero-order chi connectivity index (χ0) is 21.4. The van der Waals surface area contributed by atoms with Crippen molar-refractivity contribution in [1.82, 2.24) is 20.3 Å². The van der Waals surface area contributed by atoms with Gasteiger partial charge in [0.15, 0.2) is 17.4 Å². The molecule has 4 bridgehead atoms. The van der Waals surface area contributed by atoms with Crippen molar-refractivity contribution in [3.63, 3.8) is 0 Å². The first-order valence-corrected chi connectivity index (χ1v) is 9.93. The Balaban J connectivity index is 1.68. The second kappa shape index (κ2) is 7.98. The lowest BCUT2D eigenvalue weighted by atomic mass is 10.1. The number of hydrogen-bond donors (Lipinski definition) is 2. The molecule has 1 aliphatic rings. The van der Waals surface area contributed by atoms with Crippen LogP contribution in [-0.2, 0) is 11.3 Å². The third kappa shape index (κ3) is 3.71. The molecule has 0 spiro atoms. The number of nitrogens with zero attached hydrogens (tertiary/aromatic N) is 2. The van der Waals surface area contributed by atoms with Gasteiger partial charge in [-0.2, -0.15) is 0 Å². The third-order valence-electron chi connectivity index (χ3n) is 4.94. The van der Waals surface area contributed by atoms with Gasteiger partial charge in [0.2, 0.25) is 0 Å². The highest BCUT2D eigenvalue weighted by Gasteiger charge is 2.18. The molecular weight excluding hydrogens is 423 g/mol. The van der Waals surface area contributed by atoms with Crippen molar-refractivity contribution in [2.45, 2.75) is 6.61 Å². The van der Waals surface area contributed by atoms with Crippen LogP contribution >= 0.6 is 11.6 Å². The van der Waals surface area contributed by atoms with E-state index >= 15 is 0 Å². The summed E-state index contributed by atoms with van der Waals surface area (Å²) in [6, 6.07) is 10.3. The third-order valence-corrected chi connectivity index (χ3v) is 5.23. The van der Waals surface area contributed by atoms with Crippen LogP contribution in [0.25, 0.3) is 22.2 Å². The second-order valence-electron chi connectivity index (χ2n) is 6.95. The second-order valence-corrected chi connectivity index (χ2v) is 7.35.